The first-order valence-electron chi connectivity index (χ1n) is 7.49. The Morgan fingerprint density at radius 1 is 1.36 bits per heavy atom. The van der Waals surface area contributed by atoms with E-state index in [1.165, 1.54) is 11.0 Å². The highest BCUT2D eigenvalue weighted by molar-refractivity contribution is 5.91. The molecule has 1 aromatic rings. The van der Waals surface area contributed by atoms with Crippen molar-refractivity contribution < 1.29 is 14.7 Å². The lowest BCUT2D eigenvalue weighted by molar-refractivity contribution is -0.137. The maximum absolute atomic E-state index is 12.3. The Morgan fingerprint density at radius 3 is 2.64 bits per heavy atom. The molecule has 2 rings (SSSR count). The molecule has 5 nitrogen and oxygen atoms in total. The molecule has 1 fully saturated rings. The van der Waals surface area contributed by atoms with Gasteiger partial charge in [0.25, 0.3) is 0 Å². The zero-order chi connectivity index (χ0) is 16.1. The second kappa shape index (κ2) is 7.22. The van der Waals surface area contributed by atoms with E-state index in [9.17, 15) is 14.7 Å². The molecule has 2 amide bonds. The lowest BCUT2D eigenvalue weighted by Gasteiger charge is -2.23. The van der Waals surface area contributed by atoms with Gasteiger partial charge < -0.3 is 14.9 Å². The number of rotatable bonds is 5. The minimum Gasteiger partial charge on any atom is -0.391 e. The van der Waals surface area contributed by atoms with Crippen molar-refractivity contribution in [2.24, 2.45) is 0 Å². The number of carbonyl (C=O) groups excluding carboxylic acids is 2. The van der Waals surface area contributed by atoms with E-state index >= 15 is 0 Å². The second-order valence-corrected chi connectivity index (χ2v) is 5.44. The Hall–Kier alpha value is -2.14. The molecule has 0 radical (unpaired) electrons. The van der Waals surface area contributed by atoms with Gasteiger partial charge in [-0.1, -0.05) is 36.9 Å². The van der Waals surface area contributed by atoms with Gasteiger partial charge in [-0.05, 0) is 18.6 Å². The molecule has 1 aliphatic rings. The number of aliphatic hydroxyl groups is 1. The number of nitrogens with zero attached hydrogens (tertiary/aromatic N) is 2. The third-order valence-electron chi connectivity index (χ3n) is 4.06. The molecule has 5 heteroatoms. The van der Waals surface area contributed by atoms with Gasteiger partial charge in [0.05, 0.1) is 12.6 Å². The van der Waals surface area contributed by atoms with Crippen LogP contribution in [0.4, 0.5) is 0 Å². The summed E-state index contributed by atoms with van der Waals surface area (Å²) in [6.45, 7) is 6.52. The van der Waals surface area contributed by atoms with Crippen LogP contribution in [0.25, 0.3) is 0 Å². The van der Waals surface area contributed by atoms with Crippen LogP contribution < -0.4 is 0 Å². The Morgan fingerprint density at radius 2 is 2.05 bits per heavy atom. The lowest BCUT2D eigenvalue weighted by Crippen LogP contribution is -2.41. The Labute approximate surface area is 130 Å². The number of aliphatic hydroxyl groups excluding tert-OH is 1. The SMILES string of the molecule is C=CC(=O)N(CC)CC(=O)N1C[C@@H](O)[C@H](c2ccccc2)C1. The molecule has 0 aromatic heterocycles. The average molecular weight is 302 g/mol. The van der Waals surface area contributed by atoms with Gasteiger partial charge in [0.1, 0.15) is 0 Å². The first-order valence-corrected chi connectivity index (χ1v) is 7.49. The molecule has 0 saturated carbocycles. The molecule has 118 valence electrons. The molecular weight excluding hydrogens is 280 g/mol. The van der Waals surface area contributed by atoms with Crippen molar-refractivity contribution in [3.05, 3.63) is 48.6 Å². The van der Waals surface area contributed by atoms with Crippen LogP contribution in [-0.2, 0) is 9.59 Å². The third-order valence-corrected chi connectivity index (χ3v) is 4.06. The molecule has 0 aliphatic carbocycles. The molecule has 0 unspecified atom stereocenters. The number of β-amino-alcohol motifs (C(OH)–C–C–N with tert-alkyl or cyclic N) is 1. The molecule has 1 heterocycles. The lowest BCUT2D eigenvalue weighted by atomic mass is 9.96. The second-order valence-electron chi connectivity index (χ2n) is 5.44. The fourth-order valence-electron chi connectivity index (χ4n) is 2.76. The normalized spacial score (nSPS) is 20.7. The highest BCUT2D eigenvalue weighted by Crippen LogP contribution is 2.27. The summed E-state index contributed by atoms with van der Waals surface area (Å²) in [4.78, 5) is 27.0. The van der Waals surface area contributed by atoms with E-state index in [0.717, 1.165) is 5.56 Å². The fourth-order valence-corrected chi connectivity index (χ4v) is 2.76. The average Bonchev–Trinajstić information content (AvgIpc) is 2.94. The maximum atomic E-state index is 12.3. The van der Waals surface area contributed by atoms with Crippen LogP contribution in [-0.4, -0.2) is 59.0 Å². The molecule has 0 bridgehead atoms. The van der Waals surface area contributed by atoms with Gasteiger partial charge in [-0.15, -0.1) is 0 Å². The summed E-state index contributed by atoms with van der Waals surface area (Å²) >= 11 is 0. The van der Waals surface area contributed by atoms with Crippen molar-refractivity contribution >= 4 is 11.8 Å². The summed E-state index contributed by atoms with van der Waals surface area (Å²) in [6.07, 6.45) is 0.638. The summed E-state index contributed by atoms with van der Waals surface area (Å²) in [5, 5.41) is 10.2. The number of likely N-dealkylation sites (tertiary alicyclic amines) is 1. The van der Waals surface area contributed by atoms with E-state index in [4.69, 9.17) is 0 Å². The number of carbonyl (C=O) groups is 2. The molecule has 1 aromatic carbocycles. The van der Waals surface area contributed by atoms with Crippen LogP contribution in [0.5, 0.6) is 0 Å². The van der Waals surface area contributed by atoms with Gasteiger partial charge in [0.15, 0.2) is 0 Å². The van der Waals surface area contributed by atoms with Crippen molar-refractivity contribution in [3.8, 4) is 0 Å². The highest BCUT2D eigenvalue weighted by atomic mass is 16.3. The molecule has 1 aliphatic heterocycles. The maximum Gasteiger partial charge on any atom is 0.246 e. The van der Waals surface area contributed by atoms with Gasteiger partial charge in [-0.2, -0.15) is 0 Å². The number of likely N-dealkylation sites (N-methyl/N-ethyl adjacent to an activating group) is 1. The topological polar surface area (TPSA) is 60.9 Å². The number of hydrogen-bond donors (Lipinski definition) is 1. The first-order chi connectivity index (χ1) is 10.6. The van der Waals surface area contributed by atoms with E-state index in [0.29, 0.717) is 19.6 Å². The van der Waals surface area contributed by atoms with Crippen LogP contribution in [0.15, 0.2) is 43.0 Å². The summed E-state index contributed by atoms with van der Waals surface area (Å²) in [6, 6.07) is 9.69. The van der Waals surface area contributed by atoms with E-state index in [1.54, 1.807) is 4.90 Å². The molecule has 1 saturated heterocycles. The summed E-state index contributed by atoms with van der Waals surface area (Å²) in [5.74, 6) is -0.472. The number of amides is 2. The number of benzene rings is 1. The van der Waals surface area contributed by atoms with Crippen LogP contribution in [0.1, 0.15) is 18.4 Å². The van der Waals surface area contributed by atoms with Crippen molar-refractivity contribution in [1.82, 2.24) is 9.80 Å². The summed E-state index contributed by atoms with van der Waals surface area (Å²) in [5.41, 5.74) is 1.03. The van der Waals surface area contributed by atoms with Crippen LogP contribution in [0.3, 0.4) is 0 Å². The first kappa shape index (κ1) is 16.2. The minimum absolute atomic E-state index is 0.0234. The minimum atomic E-state index is -0.573. The van der Waals surface area contributed by atoms with Gasteiger partial charge in [-0.3, -0.25) is 9.59 Å². The fraction of sp³-hybridized carbons (Fsp3) is 0.412. The smallest absolute Gasteiger partial charge is 0.246 e. The predicted octanol–water partition coefficient (Wildman–Crippen LogP) is 1.01. The van der Waals surface area contributed by atoms with E-state index in [-0.39, 0.29) is 24.3 Å². The Balaban J connectivity index is 2.01. The molecule has 2 atom stereocenters. The van der Waals surface area contributed by atoms with E-state index in [1.807, 2.05) is 37.3 Å². The van der Waals surface area contributed by atoms with Crippen LogP contribution in [0.2, 0.25) is 0 Å². The Bertz CT molecular complexity index is 544. The van der Waals surface area contributed by atoms with Crippen molar-refractivity contribution in [3.63, 3.8) is 0 Å². The summed E-state index contributed by atoms with van der Waals surface area (Å²) in [7, 11) is 0. The van der Waals surface area contributed by atoms with Gasteiger partial charge >= 0.3 is 0 Å². The quantitative estimate of drug-likeness (QED) is 0.826. The van der Waals surface area contributed by atoms with Crippen LogP contribution in [0, 0.1) is 0 Å². The predicted molar refractivity (Wildman–Crippen MR) is 84.2 cm³/mol. The van der Waals surface area contributed by atoms with Gasteiger partial charge in [0, 0.05) is 25.6 Å². The molecular formula is C17H22N2O3. The van der Waals surface area contributed by atoms with Gasteiger partial charge in [0.2, 0.25) is 11.8 Å². The van der Waals surface area contributed by atoms with E-state index < -0.39 is 6.10 Å². The zero-order valence-corrected chi connectivity index (χ0v) is 12.8. The highest BCUT2D eigenvalue weighted by Gasteiger charge is 2.35. The molecule has 0 spiro atoms. The standard InChI is InChI=1S/C17H22N2O3/c1-3-16(21)18(4-2)12-17(22)19-10-14(15(20)11-19)13-8-6-5-7-9-13/h3,5-9,14-15,20H,1,4,10-12H2,2H3/t14-,15+/m0/s1. The monoisotopic (exact) mass is 302 g/mol. The van der Waals surface area contributed by atoms with Crippen molar-refractivity contribution in [1.29, 1.82) is 0 Å². The van der Waals surface area contributed by atoms with E-state index in [2.05, 4.69) is 6.58 Å². The third kappa shape index (κ3) is 3.54. The van der Waals surface area contributed by atoms with Crippen molar-refractivity contribution in [2.45, 2.75) is 18.9 Å². The summed E-state index contributed by atoms with van der Waals surface area (Å²) < 4.78 is 0. The van der Waals surface area contributed by atoms with Gasteiger partial charge in [-0.25, -0.2) is 0 Å². The zero-order valence-electron chi connectivity index (χ0n) is 12.8. The Kier molecular flexibility index (Phi) is 5.33. The molecule has 22 heavy (non-hydrogen) atoms. The van der Waals surface area contributed by atoms with Crippen molar-refractivity contribution in [2.75, 3.05) is 26.2 Å². The molecule has 1 N–H and O–H groups in total. The van der Waals surface area contributed by atoms with Crippen LogP contribution >= 0.6 is 0 Å². The largest absolute Gasteiger partial charge is 0.391 e. The number of hydrogen-bond acceptors (Lipinski definition) is 3.